The fraction of sp³-hybridized carbons (Fsp3) is 0. The Morgan fingerprint density at radius 1 is 1.10 bits per heavy atom. The minimum absolute atomic E-state index is 0.113. The number of aromatic carboxylic acids is 1. The molecule has 2 aromatic carbocycles. The predicted octanol–water partition coefficient (Wildman–Crippen LogP) is 4.36. The van der Waals surface area contributed by atoms with Crippen molar-refractivity contribution in [1.82, 2.24) is 0 Å². The van der Waals surface area contributed by atoms with Crippen LogP contribution in [0.3, 0.4) is 0 Å². The van der Waals surface area contributed by atoms with Crippen LogP contribution in [-0.4, -0.2) is 11.1 Å². The first-order chi connectivity index (χ1) is 9.40. The average Bonchev–Trinajstić information content (AvgIpc) is 2.39. The summed E-state index contributed by atoms with van der Waals surface area (Å²) in [4.78, 5) is 10.8. The highest BCUT2D eigenvalue weighted by Gasteiger charge is 2.17. The van der Waals surface area contributed by atoms with E-state index in [4.69, 9.17) is 9.84 Å². The normalized spacial score (nSPS) is 10.4. The molecule has 0 aromatic heterocycles. The number of carboxylic acid groups (broad SMARTS) is 1. The predicted molar refractivity (Wildman–Crippen MR) is 67.5 cm³/mol. The van der Waals surface area contributed by atoms with Crippen LogP contribution in [0.15, 0.2) is 34.8 Å². The van der Waals surface area contributed by atoms with Gasteiger partial charge in [0.2, 0.25) is 0 Å². The lowest BCUT2D eigenvalue weighted by atomic mass is 10.2. The van der Waals surface area contributed by atoms with Crippen LogP contribution < -0.4 is 4.74 Å². The van der Waals surface area contributed by atoms with E-state index < -0.39 is 23.4 Å². The molecule has 0 bridgehead atoms. The molecule has 0 fully saturated rings. The van der Waals surface area contributed by atoms with Crippen LogP contribution in [0.4, 0.5) is 13.2 Å². The van der Waals surface area contributed by atoms with Gasteiger partial charge in [0, 0.05) is 6.07 Å². The van der Waals surface area contributed by atoms with Gasteiger partial charge in [-0.05, 0) is 40.2 Å². The molecule has 0 aliphatic carbocycles. The fourth-order valence-corrected chi connectivity index (χ4v) is 1.94. The standard InChI is InChI=1S/C13H6BrF3O3/c14-11-7(13(18)19)2-4-10(12(11)17)20-6-1-3-8(15)9(16)5-6/h1-5H,(H,18,19). The smallest absolute Gasteiger partial charge is 0.336 e. The molecule has 0 aliphatic heterocycles. The Morgan fingerprint density at radius 3 is 2.40 bits per heavy atom. The third-order valence-electron chi connectivity index (χ3n) is 2.40. The van der Waals surface area contributed by atoms with E-state index >= 15 is 0 Å². The molecule has 0 unspecified atom stereocenters. The highest BCUT2D eigenvalue weighted by molar-refractivity contribution is 9.10. The molecule has 0 amide bonds. The molecule has 20 heavy (non-hydrogen) atoms. The molecule has 0 radical (unpaired) electrons. The number of carbonyl (C=O) groups is 1. The van der Waals surface area contributed by atoms with Crippen molar-refractivity contribution in [3.8, 4) is 11.5 Å². The maximum atomic E-state index is 13.9. The first-order valence-corrected chi connectivity index (χ1v) is 6.03. The Morgan fingerprint density at radius 2 is 1.80 bits per heavy atom. The van der Waals surface area contributed by atoms with Crippen LogP contribution in [0.25, 0.3) is 0 Å². The zero-order valence-corrected chi connectivity index (χ0v) is 11.2. The van der Waals surface area contributed by atoms with E-state index in [9.17, 15) is 18.0 Å². The number of benzene rings is 2. The monoisotopic (exact) mass is 346 g/mol. The molecule has 0 spiro atoms. The van der Waals surface area contributed by atoms with Crippen LogP contribution >= 0.6 is 15.9 Å². The van der Waals surface area contributed by atoms with Crippen molar-refractivity contribution in [3.05, 3.63) is 57.8 Å². The van der Waals surface area contributed by atoms with Crippen LogP contribution in [-0.2, 0) is 0 Å². The van der Waals surface area contributed by atoms with Crippen molar-refractivity contribution in [2.24, 2.45) is 0 Å². The number of halogens is 4. The number of hydrogen-bond donors (Lipinski definition) is 1. The van der Waals surface area contributed by atoms with Gasteiger partial charge in [-0.15, -0.1) is 0 Å². The molecule has 3 nitrogen and oxygen atoms in total. The summed E-state index contributed by atoms with van der Waals surface area (Å²) in [6, 6.07) is 4.93. The van der Waals surface area contributed by atoms with Crippen molar-refractivity contribution in [2.45, 2.75) is 0 Å². The fourth-order valence-electron chi connectivity index (χ4n) is 1.44. The van der Waals surface area contributed by atoms with Crippen molar-refractivity contribution in [1.29, 1.82) is 0 Å². The third-order valence-corrected chi connectivity index (χ3v) is 3.17. The average molecular weight is 347 g/mol. The third kappa shape index (κ3) is 2.77. The number of rotatable bonds is 3. The Hall–Kier alpha value is -2.02. The van der Waals surface area contributed by atoms with Crippen molar-refractivity contribution < 1.29 is 27.8 Å². The molecular weight excluding hydrogens is 341 g/mol. The van der Waals surface area contributed by atoms with E-state index in [1.165, 1.54) is 0 Å². The summed E-state index contributed by atoms with van der Waals surface area (Å²) in [5.74, 6) is -4.88. The van der Waals surface area contributed by atoms with Gasteiger partial charge in [-0.2, -0.15) is 0 Å². The van der Waals surface area contributed by atoms with Crippen molar-refractivity contribution in [3.63, 3.8) is 0 Å². The van der Waals surface area contributed by atoms with Gasteiger partial charge >= 0.3 is 5.97 Å². The lowest BCUT2D eigenvalue weighted by Gasteiger charge is -2.09. The summed E-state index contributed by atoms with van der Waals surface area (Å²) in [7, 11) is 0. The molecule has 0 saturated heterocycles. The molecule has 0 atom stereocenters. The Balaban J connectivity index is 2.37. The Labute approximate surface area is 119 Å². The first kappa shape index (κ1) is 14.4. The highest BCUT2D eigenvalue weighted by atomic mass is 79.9. The lowest BCUT2D eigenvalue weighted by Crippen LogP contribution is -2.01. The minimum atomic E-state index is -1.31. The van der Waals surface area contributed by atoms with Crippen molar-refractivity contribution in [2.75, 3.05) is 0 Å². The largest absolute Gasteiger partial charge is 0.478 e. The van der Waals surface area contributed by atoms with Crippen LogP contribution in [0.5, 0.6) is 11.5 Å². The van der Waals surface area contributed by atoms with Crippen LogP contribution in [0, 0.1) is 17.5 Å². The highest BCUT2D eigenvalue weighted by Crippen LogP contribution is 2.32. The van der Waals surface area contributed by atoms with Gasteiger partial charge in [0.15, 0.2) is 23.2 Å². The second kappa shape index (κ2) is 5.54. The van der Waals surface area contributed by atoms with E-state index in [2.05, 4.69) is 15.9 Å². The van der Waals surface area contributed by atoms with Gasteiger partial charge in [0.25, 0.3) is 0 Å². The topological polar surface area (TPSA) is 46.5 Å². The molecule has 0 heterocycles. The maximum absolute atomic E-state index is 13.9. The molecule has 0 saturated carbocycles. The molecule has 1 N–H and O–H groups in total. The SMILES string of the molecule is O=C(O)c1ccc(Oc2ccc(F)c(F)c2)c(F)c1Br. The Bertz CT molecular complexity index is 689. The van der Waals surface area contributed by atoms with Crippen molar-refractivity contribution >= 4 is 21.9 Å². The lowest BCUT2D eigenvalue weighted by molar-refractivity contribution is 0.0695. The van der Waals surface area contributed by atoms with Crippen LogP contribution in [0.2, 0.25) is 0 Å². The zero-order valence-electron chi connectivity index (χ0n) is 9.66. The number of ether oxygens (including phenoxy) is 1. The summed E-state index contributed by atoms with van der Waals surface area (Å²) in [5.41, 5.74) is -0.278. The molecular formula is C13H6BrF3O3. The Kier molecular flexibility index (Phi) is 3.99. The van der Waals surface area contributed by atoms with E-state index in [1.807, 2.05) is 0 Å². The molecule has 104 valence electrons. The quantitative estimate of drug-likeness (QED) is 0.898. The summed E-state index contributed by atoms with van der Waals surface area (Å²) in [6.07, 6.45) is 0. The maximum Gasteiger partial charge on any atom is 0.336 e. The second-order valence-corrected chi connectivity index (χ2v) is 4.52. The van der Waals surface area contributed by atoms with E-state index in [0.29, 0.717) is 0 Å². The van der Waals surface area contributed by atoms with E-state index in [-0.39, 0.29) is 21.5 Å². The summed E-state index contributed by atoms with van der Waals surface area (Å²) >= 11 is 2.80. The minimum Gasteiger partial charge on any atom is -0.478 e. The molecule has 0 aliphatic rings. The van der Waals surface area contributed by atoms with Gasteiger partial charge < -0.3 is 9.84 Å². The zero-order chi connectivity index (χ0) is 14.9. The molecule has 7 heteroatoms. The molecule has 2 rings (SSSR count). The number of carboxylic acids is 1. The second-order valence-electron chi connectivity index (χ2n) is 3.72. The number of hydrogen-bond acceptors (Lipinski definition) is 2. The van der Waals surface area contributed by atoms with Crippen LogP contribution in [0.1, 0.15) is 10.4 Å². The summed E-state index contributed by atoms with van der Waals surface area (Å²) in [6.45, 7) is 0. The summed E-state index contributed by atoms with van der Waals surface area (Å²) in [5, 5.41) is 8.81. The van der Waals surface area contributed by atoms with Gasteiger partial charge in [-0.25, -0.2) is 18.0 Å². The van der Waals surface area contributed by atoms with Gasteiger partial charge in [-0.3, -0.25) is 0 Å². The summed E-state index contributed by atoms with van der Waals surface area (Å²) < 4.78 is 44.4. The van der Waals surface area contributed by atoms with Gasteiger partial charge in [0.05, 0.1) is 10.0 Å². The van der Waals surface area contributed by atoms with Gasteiger partial charge in [0.1, 0.15) is 5.75 Å². The van der Waals surface area contributed by atoms with Gasteiger partial charge in [-0.1, -0.05) is 0 Å². The van der Waals surface area contributed by atoms with E-state index in [0.717, 1.165) is 30.3 Å². The van der Waals surface area contributed by atoms with E-state index in [1.54, 1.807) is 0 Å². The first-order valence-electron chi connectivity index (χ1n) is 5.24. The molecule has 2 aromatic rings.